The molecule has 0 saturated carbocycles. The molecule has 1 unspecified atom stereocenters. The van der Waals surface area contributed by atoms with Gasteiger partial charge in [0.15, 0.2) is 9.84 Å². The van der Waals surface area contributed by atoms with Crippen LogP contribution in [0.3, 0.4) is 0 Å². The molecule has 10 heteroatoms. The Kier molecular flexibility index (Phi) is 5.25. The molecular formula is C23H21ClN4O4S. The molecule has 1 aromatic heterocycles. The molecule has 2 aliphatic rings. The van der Waals surface area contributed by atoms with Crippen LogP contribution in [0.1, 0.15) is 23.2 Å². The first-order valence-electron chi connectivity index (χ1n) is 10.5. The van der Waals surface area contributed by atoms with Crippen LogP contribution in [0.15, 0.2) is 48.5 Å². The number of hydrogen-bond acceptors (Lipinski definition) is 5. The highest BCUT2D eigenvalue weighted by molar-refractivity contribution is 7.90. The Labute approximate surface area is 196 Å². The van der Waals surface area contributed by atoms with Gasteiger partial charge >= 0.3 is 0 Å². The zero-order valence-corrected chi connectivity index (χ0v) is 19.4. The fourth-order valence-electron chi connectivity index (χ4n) is 4.37. The lowest BCUT2D eigenvalue weighted by atomic mass is 10.1. The number of amides is 2. The Morgan fingerprint density at radius 2 is 1.94 bits per heavy atom. The van der Waals surface area contributed by atoms with Crippen molar-refractivity contribution in [3.8, 4) is 5.69 Å². The number of aryl methyl sites for hydroxylation is 1. The predicted octanol–water partition coefficient (Wildman–Crippen LogP) is 3.25. The minimum atomic E-state index is -3.32. The van der Waals surface area contributed by atoms with E-state index in [0.717, 1.165) is 11.3 Å². The van der Waals surface area contributed by atoms with Crippen molar-refractivity contribution in [2.24, 2.45) is 5.92 Å². The summed E-state index contributed by atoms with van der Waals surface area (Å²) in [5, 5.41) is 7.81. The summed E-state index contributed by atoms with van der Waals surface area (Å²) in [6, 6.07) is 14.5. The fourth-order valence-corrected chi connectivity index (χ4v) is 6.04. The number of fused-ring (bicyclic) bond motifs is 1. The zero-order chi connectivity index (χ0) is 23.3. The SMILES string of the molecule is Cc1ccccc1N1CC(C(=O)Nc2c3c(nn2-c2cccc(Cl)c2)CS(=O)(=O)C3)CC1=O. The van der Waals surface area contributed by atoms with Gasteiger partial charge in [0.2, 0.25) is 11.8 Å². The second kappa shape index (κ2) is 8.00. The van der Waals surface area contributed by atoms with Gasteiger partial charge in [0.25, 0.3) is 0 Å². The van der Waals surface area contributed by atoms with Gasteiger partial charge in [-0.3, -0.25) is 9.59 Å². The maximum absolute atomic E-state index is 13.2. The number of carbonyl (C=O) groups excluding carboxylic acids is 2. The van der Waals surface area contributed by atoms with E-state index in [4.69, 9.17) is 11.6 Å². The highest BCUT2D eigenvalue weighted by Gasteiger charge is 2.38. The van der Waals surface area contributed by atoms with Gasteiger partial charge in [-0.1, -0.05) is 35.9 Å². The summed E-state index contributed by atoms with van der Waals surface area (Å²) in [5.74, 6) is -1.12. The van der Waals surface area contributed by atoms with Crippen LogP contribution in [0.25, 0.3) is 5.69 Å². The third-order valence-corrected chi connectivity index (χ3v) is 7.66. The Morgan fingerprint density at radius 3 is 2.70 bits per heavy atom. The molecule has 0 bridgehead atoms. The molecule has 5 rings (SSSR count). The average molecular weight is 485 g/mol. The van der Waals surface area contributed by atoms with Crippen LogP contribution < -0.4 is 10.2 Å². The minimum absolute atomic E-state index is 0.0754. The second-order valence-electron chi connectivity index (χ2n) is 8.38. The standard InChI is InChI=1S/C23H21ClN4O4S/c1-14-5-2-3-8-20(14)27-11-15(9-21(27)29)23(30)25-22-18-12-33(31,32)13-19(18)26-28(22)17-7-4-6-16(24)10-17/h2-8,10,15H,9,11-13H2,1H3,(H,25,30). The van der Waals surface area contributed by atoms with Gasteiger partial charge in [0, 0.05) is 29.2 Å². The summed E-state index contributed by atoms with van der Waals surface area (Å²) < 4.78 is 25.9. The van der Waals surface area contributed by atoms with Gasteiger partial charge in [0.1, 0.15) is 5.82 Å². The van der Waals surface area contributed by atoms with Gasteiger partial charge in [-0.2, -0.15) is 5.10 Å². The molecular weight excluding hydrogens is 464 g/mol. The number of nitrogens with one attached hydrogen (secondary N) is 1. The van der Waals surface area contributed by atoms with E-state index in [0.29, 0.717) is 27.8 Å². The summed E-state index contributed by atoms with van der Waals surface area (Å²) in [6.07, 6.45) is 0.0754. The number of carbonyl (C=O) groups is 2. The molecule has 0 aliphatic carbocycles. The van der Waals surface area contributed by atoms with Crippen LogP contribution in [-0.2, 0) is 30.9 Å². The summed E-state index contributed by atoms with van der Waals surface area (Å²) in [4.78, 5) is 27.5. The van der Waals surface area contributed by atoms with Crippen molar-refractivity contribution in [1.29, 1.82) is 0 Å². The van der Waals surface area contributed by atoms with Crippen LogP contribution in [-0.4, -0.2) is 36.6 Å². The number of hydrogen-bond donors (Lipinski definition) is 1. The fraction of sp³-hybridized carbons (Fsp3) is 0.261. The topological polar surface area (TPSA) is 101 Å². The van der Waals surface area contributed by atoms with Crippen molar-refractivity contribution >= 4 is 44.8 Å². The van der Waals surface area contributed by atoms with Crippen LogP contribution in [0.2, 0.25) is 5.02 Å². The lowest BCUT2D eigenvalue weighted by Crippen LogP contribution is -2.29. The van der Waals surface area contributed by atoms with E-state index in [1.165, 1.54) is 4.68 Å². The first-order chi connectivity index (χ1) is 15.7. The van der Waals surface area contributed by atoms with E-state index < -0.39 is 15.8 Å². The maximum Gasteiger partial charge on any atom is 0.230 e. The molecule has 3 heterocycles. The largest absolute Gasteiger partial charge is 0.311 e. The third kappa shape index (κ3) is 4.02. The Hall–Kier alpha value is -3.17. The Morgan fingerprint density at radius 1 is 1.15 bits per heavy atom. The first kappa shape index (κ1) is 21.7. The molecule has 1 atom stereocenters. The van der Waals surface area contributed by atoms with Crippen LogP contribution >= 0.6 is 11.6 Å². The van der Waals surface area contributed by atoms with E-state index in [2.05, 4.69) is 10.4 Å². The number of anilines is 2. The zero-order valence-electron chi connectivity index (χ0n) is 17.8. The van der Waals surface area contributed by atoms with Crippen LogP contribution in [0.5, 0.6) is 0 Å². The molecule has 2 amide bonds. The van der Waals surface area contributed by atoms with E-state index in [9.17, 15) is 18.0 Å². The number of nitrogens with zero attached hydrogens (tertiary/aromatic N) is 3. The highest BCUT2D eigenvalue weighted by atomic mass is 35.5. The van der Waals surface area contributed by atoms with Gasteiger partial charge in [-0.25, -0.2) is 13.1 Å². The van der Waals surface area contributed by atoms with E-state index in [-0.39, 0.29) is 36.3 Å². The minimum Gasteiger partial charge on any atom is -0.311 e. The van der Waals surface area contributed by atoms with Crippen molar-refractivity contribution in [2.45, 2.75) is 24.9 Å². The first-order valence-corrected chi connectivity index (χ1v) is 12.7. The summed E-state index contributed by atoms with van der Waals surface area (Å²) in [6.45, 7) is 2.17. The number of para-hydroxylation sites is 1. The summed E-state index contributed by atoms with van der Waals surface area (Å²) in [7, 11) is -3.32. The van der Waals surface area contributed by atoms with Crippen molar-refractivity contribution in [3.63, 3.8) is 0 Å². The molecule has 0 radical (unpaired) electrons. The molecule has 33 heavy (non-hydrogen) atoms. The molecule has 1 fully saturated rings. The quantitative estimate of drug-likeness (QED) is 0.612. The monoisotopic (exact) mass is 484 g/mol. The van der Waals surface area contributed by atoms with Gasteiger partial charge in [0.05, 0.1) is 28.8 Å². The van der Waals surface area contributed by atoms with Gasteiger partial charge in [-0.15, -0.1) is 0 Å². The highest BCUT2D eigenvalue weighted by Crippen LogP contribution is 2.34. The lowest BCUT2D eigenvalue weighted by molar-refractivity contribution is -0.122. The van der Waals surface area contributed by atoms with Gasteiger partial charge < -0.3 is 10.2 Å². The van der Waals surface area contributed by atoms with Crippen LogP contribution in [0.4, 0.5) is 11.5 Å². The number of aromatic nitrogens is 2. The van der Waals surface area contributed by atoms with E-state index >= 15 is 0 Å². The molecule has 0 spiro atoms. The molecule has 2 aliphatic heterocycles. The summed E-state index contributed by atoms with van der Waals surface area (Å²) >= 11 is 6.13. The lowest BCUT2D eigenvalue weighted by Gasteiger charge is -2.19. The third-order valence-electron chi connectivity index (χ3n) is 5.98. The second-order valence-corrected chi connectivity index (χ2v) is 10.9. The molecule has 1 saturated heterocycles. The smallest absolute Gasteiger partial charge is 0.230 e. The molecule has 3 aromatic rings. The average Bonchev–Trinajstić information content (AvgIpc) is 3.39. The molecule has 1 N–H and O–H groups in total. The maximum atomic E-state index is 13.2. The molecule has 2 aromatic carbocycles. The van der Waals surface area contributed by atoms with E-state index in [1.807, 2.05) is 31.2 Å². The van der Waals surface area contributed by atoms with Crippen molar-refractivity contribution in [1.82, 2.24) is 9.78 Å². The number of benzene rings is 2. The summed E-state index contributed by atoms with van der Waals surface area (Å²) in [5.41, 5.74) is 3.23. The van der Waals surface area contributed by atoms with Gasteiger partial charge in [-0.05, 0) is 36.8 Å². The Bertz CT molecular complexity index is 1400. The van der Waals surface area contributed by atoms with Crippen molar-refractivity contribution < 1.29 is 18.0 Å². The number of rotatable bonds is 4. The Balaban J connectivity index is 1.45. The van der Waals surface area contributed by atoms with Crippen molar-refractivity contribution in [3.05, 3.63) is 70.4 Å². The normalized spacial score (nSPS) is 19.0. The number of halogens is 1. The predicted molar refractivity (Wildman–Crippen MR) is 125 cm³/mol. The molecule has 8 nitrogen and oxygen atoms in total. The number of sulfone groups is 1. The van der Waals surface area contributed by atoms with Crippen LogP contribution in [0, 0.1) is 12.8 Å². The molecule has 170 valence electrons. The van der Waals surface area contributed by atoms with Crippen molar-refractivity contribution in [2.75, 3.05) is 16.8 Å². The van der Waals surface area contributed by atoms with E-state index in [1.54, 1.807) is 29.2 Å².